The molecule has 2 aromatic rings. The van der Waals surface area contributed by atoms with Gasteiger partial charge in [-0.05, 0) is 54.5 Å². The quantitative estimate of drug-likeness (QED) is 0.511. The topological polar surface area (TPSA) is 69.9 Å². The first-order chi connectivity index (χ1) is 12.4. The van der Waals surface area contributed by atoms with Crippen LogP contribution in [0.25, 0.3) is 0 Å². The van der Waals surface area contributed by atoms with Gasteiger partial charge >= 0.3 is 0 Å². The molecule has 2 aromatic carbocycles. The summed E-state index contributed by atoms with van der Waals surface area (Å²) in [4.78, 5) is 0. The van der Waals surface area contributed by atoms with E-state index in [1.54, 1.807) is 24.3 Å². The Morgan fingerprint density at radius 1 is 0.889 bits per heavy atom. The summed E-state index contributed by atoms with van der Waals surface area (Å²) in [6.07, 6.45) is 0. The molecule has 0 aromatic heterocycles. The number of hydrogen-bond donors (Lipinski definition) is 3. The number of phenols is 2. The molecule has 0 saturated heterocycles. The van der Waals surface area contributed by atoms with Crippen LogP contribution in [0.2, 0.25) is 28.2 Å². The molecular weight excluding hydrogens is 403 g/mol. The average molecular weight is 431 g/mol. The predicted molar refractivity (Wildman–Crippen MR) is 114 cm³/mol. The molecule has 0 spiro atoms. The molecule has 27 heavy (non-hydrogen) atoms. The maximum Gasteiger partial charge on any atom is 0.192 e. The van der Waals surface area contributed by atoms with Gasteiger partial charge in [0.15, 0.2) is 8.32 Å². The van der Waals surface area contributed by atoms with Crippen LogP contribution in [0.3, 0.4) is 0 Å². The predicted octanol–water partition coefficient (Wildman–Crippen LogP) is 6.11. The number of aliphatic hydroxyl groups excluding tert-OH is 1. The molecule has 0 aliphatic rings. The van der Waals surface area contributed by atoms with E-state index in [0.717, 1.165) is 5.56 Å². The molecule has 4 nitrogen and oxygen atoms in total. The third-order valence-electron chi connectivity index (χ3n) is 4.65. The summed E-state index contributed by atoms with van der Waals surface area (Å²) in [7, 11) is -1.78. The molecule has 0 amide bonds. The third kappa shape index (κ3) is 7.35. The summed E-state index contributed by atoms with van der Waals surface area (Å²) < 4.78 is 6.04. The normalized spacial score (nSPS) is 11.7. The third-order valence-corrected chi connectivity index (χ3v) is 9.60. The van der Waals surface area contributed by atoms with E-state index in [0.29, 0.717) is 22.2 Å². The molecule has 0 unspecified atom stereocenters. The Morgan fingerprint density at radius 3 is 1.74 bits per heavy atom. The van der Waals surface area contributed by atoms with Crippen LogP contribution in [-0.2, 0) is 17.6 Å². The van der Waals surface area contributed by atoms with Crippen molar-refractivity contribution in [1.29, 1.82) is 0 Å². The second-order valence-corrected chi connectivity index (χ2v) is 13.4. The van der Waals surface area contributed by atoms with E-state index in [1.807, 2.05) is 0 Å². The molecule has 0 radical (unpaired) electrons. The Balaban J connectivity index is 0.000000309. The highest BCUT2D eigenvalue weighted by Gasteiger charge is 2.37. The summed E-state index contributed by atoms with van der Waals surface area (Å²) in [5, 5.41) is 28.7. The van der Waals surface area contributed by atoms with Crippen LogP contribution in [0.4, 0.5) is 0 Å². The van der Waals surface area contributed by atoms with Gasteiger partial charge in [-0.2, -0.15) is 0 Å². The van der Waals surface area contributed by atoms with E-state index in [2.05, 4.69) is 33.9 Å². The zero-order chi connectivity index (χ0) is 20.8. The standard InChI is InChI=1S/C13H21ClO2Si.C7H7ClO2/c1-13(2,3)17(4,5)16-9-10-8-11(14)6-7-12(10)15;8-6-1-2-7(10)5(3-6)4-9/h6-8,15H,9H2,1-5H3;1-3,9-10H,4H2. The highest BCUT2D eigenvalue weighted by Crippen LogP contribution is 2.37. The fraction of sp³-hybridized carbons (Fsp3) is 0.400. The average Bonchev–Trinajstić information content (AvgIpc) is 2.57. The van der Waals surface area contributed by atoms with E-state index in [4.69, 9.17) is 37.8 Å². The minimum atomic E-state index is -1.78. The van der Waals surface area contributed by atoms with Crippen molar-refractivity contribution < 1.29 is 19.7 Å². The second-order valence-electron chi connectivity index (χ2n) is 7.75. The highest BCUT2D eigenvalue weighted by atomic mass is 35.5. The smallest absolute Gasteiger partial charge is 0.192 e. The zero-order valence-electron chi connectivity index (χ0n) is 16.4. The molecular formula is C20H28Cl2O4Si. The molecule has 0 fully saturated rings. The molecule has 7 heteroatoms. The maximum absolute atomic E-state index is 9.71. The molecule has 0 atom stereocenters. The van der Waals surface area contributed by atoms with Crippen molar-refractivity contribution in [3.05, 3.63) is 57.6 Å². The molecule has 0 saturated carbocycles. The Morgan fingerprint density at radius 2 is 1.33 bits per heavy atom. The van der Waals surface area contributed by atoms with Crippen molar-refractivity contribution in [1.82, 2.24) is 0 Å². The number of aromatic hydroxyl groups is 2. The minimum absolute atomic E-state index is 0.0758. The lowest BCUT2D eigenvalue weighted by Crippen LogP contribution is -2.40. The second kappa shape index (κ2) is 9.80. The van der Waals surface area contributed by atoms with Gasteiger partial charge in [0.25, 0.3) is 0 Å². The molecule has 3 N–H and O–H groups in total. The number of aliphatic hydroxyl groups is 1. The van der Waals surface area contributed by atoms with Crippen molar-refractivity contribution in [3.8, 4) is 11.5 Å². The van der Waals surface area contributed by atoms with Gasteiger partial charge in [0.05, 0.1) is 13.2 Å². The van der Waals surface area contributed by atoms with Crippen molar-refractivity contribution in [2.45, 2.75) is 52.1 Å². The molecule has 0 bridgehead atoms. The lowest BCUT2D eigenvalue weighted by molar-refractivity contribution is 0.271. The molecule has 0 heterocycles. The van der Waals surface area contributed by atoms with Gasteiger partial charge in [-0.1, -0.05) is 44.0 Å². The van der Waals surface area contributed by atoms with E-state index >= 15 is 0 Å². The fourth-order valence-electron chi connectivity index (χ4n) is 1.83. The SMILES string of the molecule is CC(C)(C)[Si](C)(C)OCc1cc(Cl)ccc1O.OCc1cc(Cl)ccc1O. The van der Waals surface area contributed by atoms with Gasteiger partial charge < -0.3 is 19.7 Å². The summed E-state index contributed by atoms with van der Waals surface area (Å²) in [5.74, 6) is 0.319. The highest BCUT2D eigenvalue weighted by molar-refractivity contribution is 6.74. The number of benzene rings is 2. The maximum atomic E-state index is 9.71. The van der Waals surface area contributed by atoms with Crippen LogP contribution in [0, 0.1) is 0 Å². The van der Waals surface area contributed by atoms with Gasteiger partial charge in [-0.15, -0.1) is 0 Å². The van der Waals surface area contributed by atoms with E-state index < -0.39 is 8.32 Å². The lowest BCUT2D eigenvalue weighted by Gasteiger charge is -2.36. The van der Waals surface area contributed by atoms with Gasteiger partial charge in [-0.3, -0.25) is 0 Å². The van der Waals surface area contributed by atoms with Crippen LogP contribution < -0.4 is 0 Å². The first-order valence-electron chi connectivity index (χ1n) is 8.57. The lowest BCUT2D eigenvalue weighted by atomic mass is 10.2. The van der Waals surface area contributed by atoms with Crippen LogP contribution in [0.15, 0.2) is 36.4 Å². The van der Waals surface area contributed by atoms with Crippen LogP contribution in [0.1, 0.15) is 31.9 Å². The fourth-order valence-corrected chi connectivity index (χ4v) is 3.16. The van der Waals surface area contributed by atoms with Crippen molar-refractivity contribution in [2.24, 2.45) is 0 Å². The Kier molecular flexibility index (Phi) is 8.64. The summed E-state index contributed by atoms with van der Waals surface area (Å²) >= 11 is 11.5. The van der Waals surface area contributed by atoms with Gasteiger partial charge in [0.2, 0.25) is 0 Å². The molecule has 2 rings (SSSR count). The van der Waals surface area contributed by atoms with Crippen molar-refractivity contribution in [3.63, 3.8) is 0 Å². The van der Waals surface area contributed by atoms with Gasteiger partial charge in [-0.25, -0.2) is 0 Å². The first kappa shape index (κ1) is 23.8. The van der Waals surface area contributed by atoms with Gasteiger partial charge in [0.1, 0.15) is 11.5 Å². The number of halogens is 2. The van der Waals surface area contributed by atoms with E-state index in [-0.39, 0.29) is 23.1 Å². The Bertz CT molecular complexity index is 758. The number of hydrogen-bond acceptors (Lipinski definition) is 4. The van der Waals surface area contributed by atoms with E-state index in [1.165, 1.54) is 12.1 Å². The van der Waals surface area contributed by atoms with Crippen LogP contribution in [0.5, 0.6) is 11.5 Å². The minimum Gasteiger partial charge on any atom is -0.508 e. The first-order valence-corrected chi connectivity index (χ1v) is 12.2. The summed E-state index contributed by atoms with van der Waals surface area (Å²) in [6.45, 7) is 11.2. The largest absolute Gasteiger partial charge is 0.508 e. The van der Waals surface area contributed by atoms with Crippen LogP contribution in [-0.4, -0.2) is 23.6 Å². The number of phenolic OH excluding ortho intramolecular Hbond substituents is 1. The summed E-state index contributed by atoms with van der Waals surface area (Å²) in [5.41, 5.74) is 1.20. The Labute approximate surface area is 172 Å². The molecule has 0 aliphatic carbocycles. The Hall–Kier alpha value is -1.24. The van der Waals surface area contributed by atoms with Crippen molar-refractivity contribution >= 4 is 31.5 Å². The van der Waals surface area contributed by atoms with Gasteiger partial charge in [0, 0.05) is 21.2 Å². The zero-order valence-corrected chi connectivity index (χ0v) is 18.9. The number of rotatable bonds is 4. The van der Waals surface area contributed by atoms with Crippen LogP contribution >= 0.6 is 23.2 Å². The van der Waals surface area contributed by atoms with Crippen molar-refractivity contribution in [2.75, 3.05) is 0 Å². The molecule has 0 aliphatic heterocycles. The molecule has 150 valence electrons. The van der Waals surface area contributed by atoms with E-state index in [9.17, 15) is 5.11 Å². The summed E-state index contributed by atoms with van der Waals surface area (Å²) in [6, 6.07) is 9.57. The monoisotopic (exact) mass is 430 g/mol.